The third-order valence-corrected chi connectivity index (χ3v) is 5.55. The largest absolute Gasteiger partial charge is 0.316 e. The second-order valence-electron chi connectivity index (χ2n) is 4.92. The monoisotopic (exact) mass is 352 g/mol. The average molecular weight is 353 g/mol. The van der Waals surface area contributed by atoms with Gasteiger partial charge in [-0.2, -0.15) is 0 Å². The first kappa shape index (κ1) is 18.7. The highest BCUT2D eigenvalue weighted by atomic mass is 35.5. The van der Waals surface area contributed by atoms with Gasteiger partial charge in [0.1, 0.15) is 4.90 Å². The van der Waals surface area contributed by atoms with E-state index < -0.39 is 10.0 Å². The first-order valence-electron chi connectivity index (χ1n) is 7.00. The van der Waals surface area contributed by atoms with Crippen LogP contribution in [0.2, 0.25) is 10.0 Å². The van der Waals surface area contributed by atoms with E-state index in [4.69, 9.17) is 23.2 Å². The van der Waals surface area contributed by atoms with Crippen LogP contribution in [-0.4, -0.2) is 21.5 Å². The number of halogens is 2. The number of rotatable bonds is 8. The van der Waals surface area contributed by atoms with Crippen LogP contribution < -0.4 is 10.0 Å². The Labute approximate surface area is 137 Å². The van der Waals surface area contributed by atoms with Gasteiger partial charge in [0.15, 0.2) is 0 Å². The quantitative estimate of drug-likeness (QED) is 0.751. The Morgan fingerprint density at radius 2 is 1.86 bits per heavy atom. The molecule has 1 aromatic rings. The van der Waals surface area contributed by atoms with E-state index in [2.05, 4.69) is 10.0 Å². The Morgan fingerprint density at radius 1 is 1.19 bits per heavy atom. The van der Waals surface area contributed by atoms with E-state index >= 15 is 0 Å². The molecule has 1 rings (SSSR count). The molecule has 21 heavy (non-hydrogen) atoms. The van der Waals surface area contributed by atoms with Crippen LogP contribution in [0.4, 0.5) is 0 Å². The molecule has 4 nitrogen and oxygen atoms in total. The van der Waals surface area contributed by atoms with E-state index in [1.165, 1.54) is 12.1 Å². The Morgan fingerprint density at radius 3 is 2.38 bits per heavy atom. The zero-order chi connectivity index (χ0) is 16.0. The highest BCUT2D eigenvalue weighted by Crippen LogP contribution is 2.29. The second kappa shape index (κ2) is 8.34. The van der Waals surface area contributed by atoms with E-state index in [1.807, 2.05) is 13.8 Å². The van der Waals surface area contributed by atoms with Gasteiger partial charge in [-0.1, -0.05) is 43.5 Å². The fraction of sp³-hybridized carbons (Fsp3) is 0.571. The number of hydrogen-bond acceptors (Lipinski definition) is 3. The summed E-state index contributed by atoms with van der Waals surface area (Å²) in [5.41, 5.74) is 0.701. The molecule has 1 atom stereocenters. The molecule has 0 aliphatic carbocycles. The van der Waals surface area contributed by atoms with Crippen LogP contribution in [0.1, 0.15) is 38.7 Å². The van der Waals surface area contributed by atoms with Crippen molar-refractivity contribution in [2.75, 3.05) is 7.05 Å². The van der Waals surface area contributed by atoms with Crippen LogP contribution in [0.5, 0.6) is 0 Å². The van der Waals surface area contributed by atoms with Gasteiger partial charge in [0.05, 0.1) is 5.02 Å². The summed E-state index contributed by atoms with van der Waals surface area (Å²) < 4.78 is 27.7. The van der Waals surface area contributed by atoms with Crippen LogP contribution >= 0.6 is 23.2 Å². The summed E-state index contributed by atoms with van der Waals surface area (Å²) in [4.78, 5) is 0.0772. The molecule has 0 radical (unpaired) electrons. The van der Waals surface area contributed by atoms with Crippen molar-refractivity contribution in [2.45, 2.75) is 50.6 Å². The van der Waals surface area contributed by atoms with Crippen molar-refractivity contribution in [1.82, 2.24) is 10.0 Å². The number of nitrogens with one attached hydrogen (secondary N) is 2. The molecule has 0 aliphatic heterocycles. The van der Waals surface area contributed by atoms with Crippen molar-refractivity contribution in [3.63, 3.8) is 0 Å². The first-order valence-corrected chi connectivity index (χ1v) is 9.24. The number of hydrogen-bond donors (Lipinski definition) is 2. The minimum Gasteiger partial charge on any atom is -0.316 e. The molecule has 2 N–H and O–H groups in total. The SMILES string of the molecule is CCCC(CC)NS(=O)(=O)c1cc(CNC)c(Cl)cc1Cl. The Hall–Kier alpha value is -0.330. The summed E-state index contributed by atoms with van der Waals surface area (Å²) >= 11 is 12.1. The van der Waals surface area contributed by atoms with E-state index in [0.717, 1.165) is 19.3 Å². The first-order chi connectivity index (χ1) is 9.85. The molecular formula is C14H22Cl2N2O2S. The molecule has 0 amide bonds. The highest BCUT2D eigenvalue weighted by Gasteiger charge is 2.22. The van der Waals surface area contributed by atoms with Gasteiger partial charge < -0.3 is 5.32 Å². The molecule has 0 fully saturated rings. The maximum atomic E-state index is 12.5. The summed E-state index contributed by atoms with van der Waals surface area (Å²) in [6.07, 6.45) is 2.45. The average Bonchev–Trinajstić information content (AvgIpc) is 2.41. The van der Waals surface area contributed by atoms with Crippen LogP contribution in [0.25, 0.3) is 0 Å². The highest BCUT2D eigenvalue weighted by molar-refractivity contribution is 7.89. The predicted molar refractivity (Wildman–Crippen MR) is 88.5 cm³/mol. The Kier molecular flexibility index (Phi) is 7.44. The maximum absolute atomic E-state index is 12.5. The lowest BCUT2D eigenvalue weighted by molar-refractivity contribution is 0.512. The lowest BCUT2D eigenvalue weighted by Gasteiger charge is -2.17. The van der Waals surface area contributed by atoms with Gasteiger partial charge in [0.25, 0.3) is 0 Å². The zero-order valence-electron chi connectivity index (χ0n) is 12.5. The van der Waals surface area contributed by atoms with Crippen molar-refractivity contribution >= 4 is 33.2 Å². The van der Waals surface area contributed by atoms with Gasteiger partial charge in [0.2, 0.25) is 10.0 Å². The fourth-order valence-electron chi connectivity index (χ4n) is 2.08. The molecule has 0 saturated heterocycles. The van der Waals surface area contributed by atoms with Crippen molar-refractivity contribution in [1.29, 1.82) is 0 Å². The molecule has 0 bridgehead atoms. The molecule has 0 aromatic heterocycles. The third kappa shape index (κ3) is 5.11. The summed E-state index contributed by atoms with van der Waals surface area (Å²) in [7, 11) is -1.88. The normalized spacial score (nSPS) is 13.4. The summed E-state index contributed by atoms with van der Waals surface area (Å²) in [6, 6.07) is 2.92. The van der Waals surface area contributed by atoms with Gasteiger partial charge >= 0.3 is 0 Å². The summed E-state index contributed by atoms with van der Waals surface area (Å²) in [5.74, 6) is 0. The second-order valence-corrected chi connectivity index (χ2v) is 7.42. The Balaban J connectivity index is 3.15. The van der Waals surface area contributed by atoms with Crippen molar-refractivity contribution in [2.24, 2.45) is 0 Å². The number of benzene rings is 1. The van der Waals surface area contributed by atoms with Crippen molar-refractivity contribution in [3.05, 3.63) is 27.7 Å². The number of sulfonamides is 1. The minimum absolute atomic E-state index is 0.0772. The van der Waals surface area contributed by atoms with Crippen LogP contribution in [0, 0.1) is 0 Å². The zero-order valence-corrected chi connectivity index (χ0v) is 14.9. The summed E-state index contributed by atoms with van der Waals surface area (Å²) in [6.45, 7) is 4.46. The van der Waals surface area contributed by atoms with Crippen LogP contribution in [0.15, 0.2) is 17.0 Å². The molecule has 1 unspecified atom stereocenters. The summed E-state index contributed by atoms with van der Waals surface area (Å²) in [5, 5.41) is 3.54. The smallest absolute Gasteiger partial charge is 0.242 e. The van der Waals surface area contributed by atoms with E-state index in [9.17, 15) is 8.42 Å². The van der Waals surface area contributed by atoms with E-state index in [1.54, 1.807) is 7.05 Å². The molecule has 0 spiro atoms. The van der Waals surface area contributed by atoms with E-state index in [-0.39, 0.29) is 16.0 Å². The van der Waals surface area contributed by atoms with Crippen LogP contribution in [-0.2, 0) is 16.6 Å². The molecule has 0 heterocycles. The standard InChI is InChI=1S/C14H22Cl2N2O2S/c1-4-6-11(5-2)18-21(19,20)14-7-10(9-17-3)12(15)8-13(14)16/h7-8,11,17-18H,4-6,9H2,1-3H3. The van der Waals surface area contributed by atoms with Crippen LogP contribution in [0.3, 0.4) is 0 Å². The third-order valence-electron chi connectivity index (χ3n) is 3.21. The lowest BCUT2D eigenvalue weighted by atomic mass is 10.1. The minimum atomic E-state index is -3.65. The van der Waals surface area contributed by atoms with Gasteiger partial charge in [-0.25, -0.2) is 13.1 Å². The predicted octanol–water partition coefficient (Wildman–Crippen LogP) is 3.57. The van der Waals surface area contributed by atoms with Crippen molar-refractivity contribution < 1.29 is 8.42 Å². The fourth-order valence-corrected chi connectivity index (χ4v) is 4.30. The molecule has 0 aliphatic rings. The molecule has 0 saturated carbocycles. The molecular weight excluding hydrogens is 331 g/mol. The van der Waals surface area contributed by atoms with Gasteiger partial charge in [0, 0.05) is 17.6 Å². The maximum Gasteiger partial charge on any atom is 0.242 e. The van der Waals surface area contributed by atoms with Gasteiger partial charge in [-0.15, -0.1) is 0 Å². The topological polar surface area (TPSA) is 58.2 Å². The van der Waals surface area contributed by atoms with Gasteiger partial charge in [-0.3, -0.25) is 0 Å². The van der Waals surface area contributed by atoms with E-state index in [0.29, 0.717) is 17.1 Å². The van der Waals surface area contributed by atoms with Gasteiger partial charge in [-0.05, 0) is 37.6 Å². The Bertz CT molecular complexity index is 577. The molecule has 1 aromatic carbocycles. The molecule has 120 valence electrons. The molecule has 7 heteroatoms. The lowest BCUT2D eigenvalue weighted by Crippen LogP contribution is -2.34. The van der Waals surface area contributed by atoms with Crippen molar-refractivity contribution in [3.8, 4) is 0 Å².